The lowest BCUT2D eigenvalue weighted by Gasteiger charge is -2.32. The summed E-state index contributed by atoms with van der Waals surface area (Å²) in [7, 11) is 0. The highest BCUT2D eigenvalue weighted by Gasteiger charge is 2.22. The molecule has 1 saturated heterocycles. The zero-order valence-electron chi connectivity index (χ0n) is 15.8. The number of carbonyl (C=O) groups is 2. The summed E-state index contributed by atoms with van der Waals surface area (Å²) in [6, 6.07) is 11.2. The summed E-state index contributed by atoms with van der Waals surface area (Å²) in [5.41, 5.74) is 6.18. The Labute approximate surface area is 170 Å². The number of likely N-dealkylation sites (tertiary alicyclic amines) is 1. The van der Waals surface area contributed by atoms with Crippen molar-refractivity contribution in [3.8, 4) is 11.3 Å². The van der Waals surface area contributed by atoms with Gasteiger partial charge in [0.2, 0.25) is 11.8 Å². The Morgan fingerprint density at radius 2 is 2.00 bits per heavy atom. The highest BCUT2D eigenvalue weighted by atomic mass is 35.5. The van der Waals surface area contributed by atoms with Crippen LogP contribution < -0.4 is 11.1 Å². The largest absolute Gasteiger partial charge is 0.459 e. The lowest BCUT2D eigenvalue weighted by molar-refractivity contribution is -0.123. The van der Waals surface area contributed by atoms with Crippen molar-refractivity contribution < 1.29 is 14.0 Å². The lowest BCUT2D eigenvalue weighted by Crippen LogP contribution is -2.42. The third-order valence-corrected chi connectivity index (χ3v) is 5.27. The van der Waals surface area contributed by atoms with E-state index in [2.05, 4.69) is 10.2 Å². The van der Waals surface area contributed by atoms with Crippen LogP contribution in [-0.2, 0) is 16.1 Å². The molecule has 1 aromatic carbocycles. The van der Waals surface area contributed by atoms with E-state index in [0.717, 1.165) is 43.7 Å². The maximum absolute atomic E-state index is 12.3. The molecule has 1 fully saturated rings. The molecule has 0 spiro atoms. The van der Waals surface area contributed by atoms with Gasteiger partial charge in [-0.3, -0.25) is 14.5 Å². The van der Waals surface area contributed by atoms with Crippen LogP contribution in [0, 0.1) is 5.92 Å². The molecule has 2 heterocycles. The molecule has 3 rings (SSSR count). The summed E-state index contributed by atoms with van der Waals surface area (Å²) in [6.45, 7) is 2.45. The van der Waals surface area contributed by atoms with E-state index in [1.807, 2.05) is 36.4 Å². The number of carbonyl (C=O) groups excluding carboxylic acids is 2. The third-order valence-electron chi connectivity index (χ3n) is 5.02. The van der Waals surface area contributed by atoms with E-state index in [0.29, 0.717) is 36.2 Å². The molecule has 2 amide bonds. The van der Waals surface area contributed by atoms with Gasteiger partial charge < -0.3 is 15.5 Å². The molecule has 28 heavy (non-hydrogen) atoms. The van der Waals surface area contributed by atoms with Gasteiger partial charge in [0.05, 0.1) is 13.1 Å². The Bertz CT molecular complexity index is 803. The summed E-state index contributed by atoms with van der Waals surface area (Å²) in [4.78, 5) is 25.4. The van der Waals surface area contributed by atoms with E-state index >= 15 is 0 Å². The van der Waals surface area contributed by atoms with E-state index in [9.17, 15) is 9.59 Å². The number of piperidine rings is 1. The average molecular weight is 404 g/mol. The molecule has 1 atom stereocenters. The molecule has 6 nitrogen and oxygen atoms in total. The number of nitrogens with two attached hydrogens (primary N) is 1. The quantitative estimate of drug-likeness (QED) is 0.708. The molecular formula is C21H26ClN3O3. The molecule has 1 aliphatic heterocycles. The van der Waals surface area contributed by atoms with Crippen molar-refractivity contribution in [2.24, 2.45) is 11.7 Å². The Hall–Kier alpha value is -2.31. The molecule has 0 saturated carbocycles. The molecule has 150 valence electrons. The summed E-state index contributed by atoms with van der Waals surface area (Å²) in [5, 5.41) is 3.59. The van der Waals surface area contributed by atoms with Crippen LogP contribution in [0.25, 0.3) is 11.3 Å². The van der Waals surface area contributed by atoms with Gasteiger partial charge in [0.1, 0.15) is 11.5 Å². The summed E-state index contributed by atoms with van der Waals surface area (Å²) >= 11 is 5.91. The first-order valence-corrected chi connectivity index (χ1v) is 9.99. The Balaban J connectivity index is 1.44. The summed E-state index contributed by atoms with van der Waals surface area (Å²) in [5.74, 6) is 1.60. The van der Waals surface area contributed by atoms with Crippen LogP contribution in [0.5, 0.6) is 0 Å². The smallest absolute Gasteiger partial charge is 0.234 e. The second-order valence-corrected chi connectivity index (χ2v) is 7.73. The minimum Gasteiger partial charge on any atom is -0.459 e. The van der Waals surface area contributed by atoms with Crippen LogP contribution >= 0.6 is 11.6 Å². The van der Waals surface area contributed by atoms with Gasteiger partial charge in [-0.05, 0) is 68.1 Å². The van der Waals surface area contributed by atoms with E-state index in [-0.39, 0.29) is 11.8 Å². The maximum Gasteiger partial charge on any atom is 0.234 e. The third kappa shape index (κ3) is 6.11. The van der Waals surface area contributed by atoms with Gasteiger partial charge in [-0.25, -0.2) is 0 Å². The van der Waals surface area contributed by atoms with Crippen LogP contribution in [-0.4, -0.2) is 36.3 Å². The molecule has 1 aromatic heterocycles. The van der Waals surface area contributed by atoms with Crippen molar-refractivity contribution in [1.82, 2.24) is 10.2 Å². The predicted molar refractivity (Wildman–Crippen MR) is 109 cm³/mol. The van der Waals surface area contributed by atoms with E-state index < -0.39 is 0 Å². The van der Waals surface area contributed by atoms with E-state index in [1.165, 1.54) is 0 Å². The van der Waals surface area contributed by atoms with Crippen LogP contribution in [0.4, 0.5) is 0 Å². The molecule has 1 aliphatic rings. The first kappa shape index (κ1) is 20.4. The maximum atomic E-state index is 12.3. The topological polar surface area (TPSA) is 88.6 Å². The van der Waals surface area contributed by atoms with Gasteiger partial charge in [0.25, 0.3) is 0 Å². The van der Waals surface area contributed by atoms with Crippen LogP contribution in [0.3, 0.4) is 0 Å². The highest BCUT2D eigenvalue weighted by molar-refractivity contribution is 6.30. The predicted octanol–water partition coefficient (Wildman–Crippen LogP) is 3.19. The van der Waals surface area contributed by atoms with Crippen molar-refractivity contribution in [3.63, 3.8) is 0 Å². The molecule has 2 aromatic rings. The molecular weight excluding hydrogens is 378 g/mol. The zero-order valence-corrected chi connectivity index (χ0v) is 16.6. The molecule has 0 bridgehead atoms. The standard InChI is InChI=1S/C21H26ClN3O3/c22-17-6-4-16(5-7-17)19-9-8-18(28-19)12-24-21(27)14-25-11-1-2-15(13-25)3-10-20(23)26/h4-9,15H,1-3,10-14H2,(H2,23,26)(H,24,27). The Morgan fingerprint density at radius 3 is 2.75 bits per heavy atom. The van der Waals surface area contributed by atoms with Crippen molar-refractivity contribution >= 4 is 23.4 Å². The number of amides is 2. The number of benzene rings is 1. The minimum atomic E-state index is -0.258. The molecule has 0 aliphatic carbocycles. The van der Waals surface area contributed by atoms with Crippen LogP contribution in [0.2, 0.25) is 5.02 Å². The van der Waals surface area contributed by atoms with E-state index in [1.54, 1.807) is 0 Å². The fourth-order valence-electron chi connectivity index (χ4n) is 3.56. The van der Waals surface area contributed by atoms with Gasteiger partial charge in [0.15, 0.2) is 0 Å². The lowest BCUT2D eigenvalue weighted by atomic mass is 9.93. The van der Waals surface area contributed by atoms with E-state index in [4.69, 9.17) is 21.8 Å². The Morgan fingerprint density at radius 1 is 1.21 bits per heavy atom. The van der Waals surface area contributed by atoms with Crippen molar-refractivity contribution in [2.45, 2.75) is 32.2 Å². The van der Waals surface area contributed by atoms with Crippen molar-refractivity contribution in [1.29, 1.82) is 0 Å². The van der Waals surface area contributed by atoms with Crippen molar-refractivity contribution in [3.05, 3.63) is 47.2 Å². The first-order chi connectivity index (χ1) is 13.5. The number of rotatable bonds is 8. The van der Waals surface area contributed by atoms with Gasteiger partial charge >= 0.3 is 0 Å². The SMILES string of the molecule is NC(=O)CCC1CCCN(CC(=O)NCc2ccc(-c3ccc(Cl)cc3)o2)C1. The molecule has 3 N–H and O–H groups in total. The number of furan rings is 1. The average Bonchev–Trinajstić information content (AvgIpc) is 3.15. The highest BCUT2D eigenvalue weighted by Crippen LogP contribution is 2.24. The van der Waals surface area contributed by atoms with Crippen LogP contribution in [0.1, 0.15) is 31.4 Å². The van der Waals surface area contributed by atoms with Gasteiger partial charge in [-0.2, -0.15) is 0 Å². The number of nitrogens with one attached hydrogen (secondary N) is 1. The number of hydrogen-bond acceptors (Lipinski definition) is 4. The van der Waals surface area contributed by atoms with Gasteiger partial charge in [-0.15, -0.1) is 0 Å². The molecule has 0 radical (unpaired) electrons. The summed E-state index contributed by atoms with van der Waals surface area (Å²) < 4.78 is 5.81. The number of primary amides is 1. The number of halogens is 1. The number of nitrogens with zero attached hydrogens (tertiary/aromatic N) is 1. The monoisotopic (exact) mass is 403 g/mol. The van der Waals surface area contributed by atoms with Gasteiger partial charge in [0, 0.05) is 23.6 Å². The van der Waals surface area contributed by atoms with Crippen molar-refractivity contribution in [2.75, 3.05) is 19.6 Å². The number of hydrogen-bond donors (Lipinski definition) is 2. The fourth-order valence-corrected chi connectivity index (χ4v) is 3.69. The molecule has 7 heteroatoms. The van der Waals surface area contributed by atoms with Gasteiger partial charge in [-0.1, -0.05) is 11.6 Å². The molecule has 1 unspecified atom stereocenters. The van der Waals surface area contributed by atoms with Crippen LogP contribution in [0.15, 0.2) is 40.8 Å². The Kier molecular flexibility index (Phi) is 7.12. The normalized spacial score (nSPS) is 17.4. The minimum absolute atomic E-state index is 0.0278. The zero-order chi connectivity index (χ0) is 19.9. The second kappa shape index (κ2) is 9.75. The fraction of sp³-hybridized carbons (Fsp3) is 0.429. The summed E-state index contributed by atoms with van der Waals surface area (Å²) in [6.07, 6.45) is 3.34. The first-order valence-electron chi connectivity index (χ1n) is 9.61. The second-order valence-electron chi connectivity index (χ2n) is 7.30.